The molecule has 0 heterocycles. The zero-order valence-electron chi connectivity index (χ0n) is 11.7. The number of carbonyl (C=O) groups excluding carboxylic acids is 1. The summed E-state index contributed by atoms with van der Waals surface area (Å²) in [5.74, 6) is -1.53. The van der Waals surface area contributed by atoms with E-state index in [1.807, 2.05) is 20.8 Å². The largest absolute Gasteiger partial charge is 0.478 e. The van der Waals surface area contributed by atoms with E-state index in [9.17, 15) is 14.0 Å². The van der Waals surface area contributed by atoms with Crippen LogP contribution in [0.3, 0.4) is 0 Å². The monoisotopic (exact) mass is 282 g/mol. The van der Waals surface area contributed by atoms with Gasteiger partial charge in [0, 0.05) is 6.04 Å². The van der Waals surface area contributed by atoms with Gasteiger partial charge >= 0.3 is 12.0 Å². The first-order chi connectivity index (χ1) is 9.29. The van der Waals surface area contributed by atoms with Crippen molar-refractivity contribution in [1.82, 2.24) is 5.32 Å². The van der Waals surface area contributed by atoms with Crippen molar-refractivity contribution in [3.63, 3.8) is 0 Å². The van der Waals surface area contributed by atoms with Crippen LogP contribution in [0.1, 0.15) is 37.6 Å². The summed E-state index contributed by atoms with van der Waals surface area (Å²) in [6.45, 7) is 5.94. The average Bonchev–Trinajstić information content (AvgIpc) is 2.29. The lowest BCUT2D eigenvalue weighted by molar-refractivity contribution is 0.0697. The first-order valence-corrected chi connectivity index (χ1v) is 6.40. The highest BCUT2D eigenvalue weighted by atomic mass is 19.1. The fraction of sp³-hybridized carbons (Fsp3) is 0.429. The van der Waals surface area contributed by atoms with Crippen molar-refractivity contribution in [3.8, 4) is 0 Å². The van der Waals surface area contributed by atoms with Gasteiger partial charge in [-0.3, -0.25) is 0 Å². The number of anilines is 1. The minimum absolute atomic E-state index is 0.0382. The Bertz CT molecular complexity index is 503. The van der Waals surface area contributed by atoms with Gasteiger partial charge in [0.2, 0.25) is 0 Å². The average molecular weight is 282 g/mol. The molecule has 1 aromatic carbocycles. The van der Waals surface area contributed by atoms with E-state index in [-0.39, 0.29) is 17.3 Å². The summed E-state index contributed by atoms with van der Waals surface area (Å²) >= 11 is 0. The van der Waals surface area contributed by atoms with Gasteiger partial charge in [-0.15, -0.1) is 0 Å². The van der Waals surface area contributed by atoms with E-state index >= 15 is 0 Å². The third-order valence-corrected chi connectivity index (χ3v) is 2.66. The number of nitrogens with one attached hydrogen (secondary N) is 2. The third kappa shape index (κ3) is 4.87. The summed E-state index contributed by atoms with van der Waals surface area (Å²) in [5, 5.41) is 14.1. The molecule has 20 heavy (non-hydrogen) atoms. The van der Waals surface area contributed by atoms with E-state index in [1.54, 1.807) is 0 Å². The standard InChI is InChI=1S/C14H19FN2O3/c1-8(2)6-9(3)16-14(20)17-12-5-4-10(15)7-11(12)13(18)19/h4-5,7-9H,6H2,1-3H3,(H,18,19)(H2,16,17,20). The van der Waals surface area contributed by atoms with Gasteiger partial charge in [0.15, 0.2) is 0 Å². The molecule has 1 rings (SSSR count). The van der Waals surface area contributed by atoms with Crippen LogP contribution in [0.25, 0.3) is 0 Å². The molecule has 110 valence electrons. The Morgan fingerprint density at radius 2 is 1.95 bits per heavy atom. The maximum absolute atomic E-state index is 13.0. The molecule has 6 heteroatoms. The van der Waals surface area contributed by atoms with Crippen LogP contribution in [0.15, 0.2) is 18.2 Å². The molecule has 0 aliphatic heterocycles. The van der Waals surface area contributed by atoms with Crippen LogP contribution in [0, 0.1) is 11.7 Å². The number of carbonyl (C=O) groups is 2. The first kappa shape index (κ1) is 15.9. The number of hydrogen-bond donors (Lipinski definition) is 3. The van der Waals surface area contributed by atoms with Gasteiger partial charge in [0.1, 0.15) is 5.82 Å². The Morgan fingerprint density at radius 1 is 1.30 bits per heavy atom. The second kappa shape index (κ2) is 6.88. The number of carboxylic acid groups (broad SMARTS) is 1. The maximum Gasteiger partial charge on any atom is 0.337 e. The molecular weight excluding hydrogens is 263 g/mol. The summed E-state index contributed by atoms with van der Waals surface area (Å²) in [5.41, 5.74) is -0.218. The Hall–Kier alpha value is -2.11. The second-order valence-corrected chi connectivity index (χ2v) is 5.12. The fourth-order valence-electron chi connectivity index (χ4n) is 1.95. The molecule has 0 fully saturated rings. The molecule has 0 saturated heterocycles. The van der Waals surface area contributed by atoms with E-state index in [4.69, 9.17) is 5.11 Å². The van der Waals surface area contributed by atoms with Crippen LogP contribution in [-0.2, 0) is 0 Å². The number of urea groups is 1. The first-order valence-electron chi connectivity index (χ1n) is 6.40. The number of rotatable bonds is 5. The summed E-state index contributed by atoms with van der Waals surface area (Å²) in [4.78, 5) is 22.7. The SMILES string of the molecule is CC(C)CC(C)NC(=O)Nc1ccc(F)cc1C(=O)O. The predicted molar refractivity (Wildman–Crippen MR) is 74.4 cm³/mol. The molecule has 3 N–H and O–H groups in total. The van der Waals surface area contributed by atoms with Gasteiger partial charge in [-0.2, -0.15) is 0 Å². The van der Waals surface area contributed by atoms with Crippen molar-refractivity contribution < 1.29 is 19.1 Å². The molecule has 1 atom stereocenters. The molecule has 0 aliphatic rings. The van der Waals surface area contributed by atoms with Crippen LogP contribution in [0.2, 0.25) is 0 Å². The van der Waals surface area contributed by atoms with Crippen LogP contribution in [-0.4, -0.2) is 23.1 Å². The van der Waals surface area contributed by atoms with Crippen LogP contribution in [0.4, 0.5) is 14.9 Å². The van der Waals surface area contributed by atoms with Crippen molar-refractivity contribution in [2.45, 2.75) is 33.2 Å². The molecular formula is C14H19FN2O3. The third-order valence-electron chi connectivity index (χ3n) is 2.66. The molecule has 1 aromatic rings. The number of amides is 2. The van der Waals surface area contributed by atoms with Crippen molar-refractivity contribution >= 4 is 17.7 Å². The van der Waals surface area contributed by atoms with E-state index in [0.29, 0.717) is 5.92 Å². The van der Waals surface area contributed by atoms with E-state index in [2.05, 4.69) is 10.6 Å². The summed E-state index contributed by atoms with van der Waals surface area (Å²) < 4.78 is 13.0. The normalized spacial score (nSPS) is 12.1. The highest BCUT2D eigenvalue weighted by Gasteiger charge is 2.15. The Morgan fingerprint density at radius 3 is 2.50 bits per heavy atom. The molecule has 5 nitrogen and oxygen atoms in total. The van der Waals surface area contributed by atoms with E-state index < -0.39 is 17.8 Å². The zero-order valence-corrected chi connectivity index (χ0v) is 11.7. The molecule has 0 bridgehead atoms. The molecule has 0 saturated carbocycles. The van der Waals surface area contributed by atoms with Crippen LogP contribution in [0.5, 0.6) is 0 Å². The van der Waals surface area contributed by atoms with Crippen molar-refractivity contribution in [1.29, 1.82) is 0 Å². The fourth-order valence-corrected chi connectivity index (χ4v) is 1.95. The minimum atomic E-state index is -1.30. The molecule has 0 radical (unpaired) electrons. The van der Waals surface area contributed by atoms with Crippen LogP contribution < -0.4 is 10.6 Å². The highest BCUT2D eigenvalue weighted by molar-refractivity contribution is 6.00. The summed E-state index contributed by atoms with van der Waals surface area (Å²) in [6, 6.07) is 2.65. The Balaban J connectivity index is 2.73. The summed E-state index contributed by atoms with van der Waals surface area (Å²) in [7, 11) is 0. The minimum Gasteiger partial charge on any atom is -0.478 e. The van der Waals surface area contributed by atoms with Crippen molar-refractivity contribution in [3.05, 3.63) is 29.6 Å². The quantitative estimate of drug-likeness (QED) is 0.776. The molecule has 0 aliphatic carbocycles. The molecule has 2 amide bonds. The van der Waals surface area contributed by atoms with Gasteiger partial charge in [-0.1, -0.05) is 13.8 Å². The second-order valence-electron chi connectivity index (χ2n) is 5.12. The Labute approximate surface area is 117 Å². The molecule has 0 spiro atoms. The van der Waals surface area contributed by atoms with E-state index in [0.717, 1.165) is 18.6 Å². The van der Waals surface area contributed by atoms with Crippen LogP contribution >= 0.6 is 0 Å². The van der Waals surface area contributed by atoms with Gasteiger partial charge in [0.05, 0.1) is 11.3 Å². The number of halogens is 1. The number of benzene rings is 1. The van der Waals surface area contributed by atoms with Crippen molar-refractivity contribution in [2.24, 2.45) is 5.92 Å². The van der Waals surface area contributed by atoms with Gasteiger partial charge in [-0.05, 0) is 37.5 Å². The highest BCUT2D eigenvalue weighted by Crippen LogP contribution is 2.17. The lowest BCUT2D eigenvalue weighted by atomic mass is 10.1. The number of aromatic carboxylic acids is 1. The molecule has 0 aromatic heterocycles. The lowest BCUT2D eigenvalue weighted by Crippen LogP contribution is -2.37. The lowest BCUT2D eigenvalue weighted by Gasteiger charge is -2.17. The summed E-state index contributed by atoms with van der Waals surface area (Å²) in [6.07, 6.45) is 0.808. The van der Waals surface area contributed by atoms with Gasteiger partial charge in [-0.25, -0.2) is 14.0 Å². The zero-order chi connectivity index (χ0) is 15.3. The van der Waals surface area contributed by atoms with Gasteiger partial charge in [0.25, 0.3) is 0 Å². The Kier molecular flexibility index (Phi) is 5.49. The number of carboxylic acids is 1. The maximum atomic E-state index is 13.0. The van der Waals surface area contributed by atoms with Crippen molar-refractivity contribution in [2.75, 3.05) is 5.32 Å². The number of hydrogen-bond acceptors (Lipinski definition) is 2. The van der Waals surface area contributed by atoms with E-state index in [1.165, 1.54) is 6.07 Å². The smallest absolute Gasteiger partial charge is 0.337 e. The van der Waals surface area contributed by atoms with Gasteiger partial charge < -0.3 is 15.7 Å². The topological polar surface area (TPSA) is 78.4 Å². The predicted octanol–water partition coefficient (Wildman–Crippen LogP) is 3.08. The molecule has 1 unspecified atom stereocenters.